The van der Waals surface area contributed by atoms with Crippen LogP contribution in [0.3, 0.4) is 0 Å². The number of nitrogens with one attached hydrogen (secondary N) is 2. The molecule has 1 aliphatic heterocycles. The van der Waals surface area contributed by atoms with Crippen molar-refractivity contribution >= 4 is 17.8 Å². The number of anilines is 1. The maximum atomic E-state index is 12.2. The van der Waals surface area contributed by atoms with Crippen molar-refractivity contribution in [3.8, 4) is 0 Å². The maximum absolute atomic E-state index is 12.2. The Morgan fingerprint density at radius 2 is 2.00 bits per heavy atom. The van der Waals surface area contributed by atoms with Crippen molar-refractivity contribution in [2.75, 3.05) is 25.0 Å². The monoisotopic (exact) mass is 333 g/mol. The molecule has 0 aromatic heterocycles. The molecule has 0 spiro atoms. The second kappa shape index (κ2) is 8.57. The highest BCUT2D eigenvalue weighted by atomic mass is 16.6. The molecule has 132 valence electrons. The minimum Gasteiger partial charge on any atom is -0.450 e. The molecule has 6 nitrogen and oxygen atoms in total. The molecule has 1 aromatic carbocycles. The lowest BCUT2D eigenvalue weighted by molar-refractivity contribution is 0.0959. The van der Waals surface area contributed by atoms with E-state index in [1.165, 1.54) is 5.56 Å². The van der Waals surface area contributed by atoms with Crippen LogP contribution in [0.5, 0.6) is 0 Å². The number of amides is 3. The van der Waals surface area contributed by atoms with E-state index in [4.69, 9.17) is 4.74 Å². The fraction of sp³-hybridized carbons (Fsp3) is 0.556. The first-order chi connectivity index (χ1) is 11.5. The van der Waals surface area contributed by atoms with Gasteiger partial charge in [-0.05, 0) is 43.4 Å². The lowest BCUT2D eigenvalue weighted by Crippen LogP contribution is -2.47. The van der Waals surface area contributed by atoms with Crippen molar-refractivity contribution in [2.45, 2.75) is 45.6 Å². The molecule has 0 aliphatic carbocycles. The average molecular weight is 333 g/mol. The summed E-state index contributed by atoms with van der Waals surface area (Å²) in [4.78, 5) is 25.5. The summed E-state index contributed by atoms with van der Waals surface area (Å²) >= 11 is 0. The van der Waals surface area contributed by atoms with E-state index >= 15 is 0 Å². The number of hydrogen-bond acceptors (Lipinski definition) is 3. The van der Waals surface area contributed by atoms with Crippen LogP contribution in [0.4, 0.5) is 15.3 Å². The van der Waals surface area contributed by atoms with Gasteiger partial charge in [0.25, 0.3) is 0 Å². The van der Waals surface area contributed by atoms with Crippen LogP contribution in [0, 0.1) is 0 Å². The highest BCUT2D eigenvalue weighted by Gasteiger charge is 2.24. The number of piperidine rings is 1. The Balaban J connectivity index is 1.79. The van der Waals surface area contributed by atoms with Gasteiger partial charge >= 0.3 is 12.1 Å². The number of carbonyl (C=O) groups excluding carboxylic acids is 2. The molecular formula is C18H27N3O3. The Kier molecular flexibility index (Phi) is 6.46. The van der Waals surface area contributed by atoms with Gasteiger partial charge in [0, 0.05) is 24.8 Å². The van der Waals surface area contributed by atoms with Crippen LogP contribution in [0.1, 0.15) is 45.1 Å². The Morgan fingerprint density at radius 3 is 2.62 bits per heavy atom. The van der Waals surface area contributed by atoms with E-state index in [1.807, 2.05) is 18.2 Å². The third-order valence-corrected chi connectivity index (χ3v) is 4.17. The number of ether oxygens (including phenoxy) is 1. The first-order valence-electron chi connectivity index (χ1n) is 8.58. The molecule has 0 radical (unpaired) electrons. The third-order valence-electron chi connectivity index (χ3n) is 4.17. The van der Waals surface area contributed by atoms with Crippen molar-refractivity contribution in [1.29, 1.82) is 0 Å². The maximum Gasteiger partial charge on any atom is 0.409 e. The van der Waals surface area contributed by atoms with Crippen molar-refractivity contribution in [1.82, 2.24) is 10.2 Å². The summed E-state index contributed by atoms with van der Waals surface area (Å²) < 4.78 is 4.99. The topological polar surface area (TPSA) is 70.7 Å². The zero-order valence-corrected chi connectivity index (χ0v) is 14.7. The molecule has 0 unspecified atom stereocenters. The van der Waals surface area contributed by atoms with Crippen LogP contribution in [0.25, 0.3) is 0 Å². The molecule has 3 amide bonds. The van der Waals surface area contributed by atoms with Crippen LogP contribution in [0.2, 0.25) is 0 Å². The molecule has 24 heavy (non-hydrogen) atoms. The van der Waals surface area contributed by atoms with E-state index in [-0.39, 0.29) is 18.2 Å². The SMILES string of the molecule is CCOC(=O)N1CCC(NC(=O)Nc2cccc(C(C)C)c2)CC1. The fourth-order valence-electron chi connectivity index (χ4n) is 2.75. The van der Waals surface area contributed by atoms with E-state index < -0.39 is 0 Å². The fourth-order valence-corrected chi connectivity index (χ4v) is 2.75. The highest BCUT2D eigenvalue weighted by molar-refractivity contribution is 5.89. The van der Waals surface area contributed by atoms with Gasteiger partial charge in [0.15, 0.2) is 0 Å². The van der Waals surface area contributed by atoms with Gasteiger partial charge < -0.3 is 20.3 Å². The summed E-state index contributed by atoms with van der Waals surface area (Å²) in [6.07, 6.45) is 1.20. The molecule has 1 fully saturated rings. The van der Waals surface area contributed by atoms with E-state index in [1.54, 1.807) is 11.8 Å². The van der Waals surface area contributed by atoms with Gasteiger partial charge in [-0.25, -0.2) is 9.59 Å². The molecule has 1 heterocycles. The van der Waals surface area contributed by atoms with Gasteiger partial charge in [0.1, 0.15) is 0 Å². The quantitative estimate of drug-likeness (QED) is 0.885. The first kappa shape index (κ1) is 18.1. The van der Waals surface area contributed by atoms with Crippen molar-refractivity contribution < 1.29 is 14.3 Å². The second-order valence-electron chi connectivity index (χ2n) is 6.34. The number of hydrogen-bond donors (Lipinski definition) is 2. The Hall–Kier alpha value is -2.24. The molecule has 0 atom stereocenters. The smallest absolute Gasteiger partial charge is 0.409 e. The van der Waals surface area contributed by atoms with E-state index in [0.717, 1.165) is 18.5 Å². The molecule has 1 aromatic rings. The lowest BCUT2D eigenvalue weighted by Gasteiger charge is -2.31. The second-order valence-corrected chi connectivity index (χ2v) is 6.34. The van der Waals surface area contributed by atoms with Gasteiger partial charge in [0.05, 0.1) is 6.61 Å². The van der Waals surface area contributed by atoms with E-state index in [9.17, 15) is 9.59 Å². The summed E-state index contributed by atoms with van der Waals surface area (Å²) in [5.41, 5.74) is 1.98. The van der Waals surface area contributed by atoms with Crippen molar-refractivity contribution in [2.24, 2.45) is 0 Å². The largest absolute Gasteiger partial charge is 0.450 e. The van der Waals surface area contributed by atoms with Crippen LogP contribution in [-0.2, 0) is 4.74 Å². The minimum absolute atomic E-state index is 0.0731. The third kappa shape index (κ3) is 5.15. The number of benzene rings is 1. The molecule has 2 rings (SSSR count). The predicted molar refractivity (Wildman–Crippen MR) is 94.3 cm³/mol. The summed E-state index contributed by atoms with van der Waals surface area (Å²) in [7, 11) is 0. The number of carbonyl (C=O) groups is 2. The number of urea groups is 1. The zero-order chi connectivity index (χ0) is 17.5. The summed E-state index contributed by atoms with van der Waals surface area (Å²) in [6.45, 7) is 7.63. The first-order valence-corrected chi connectivity index (χ1v) is 8.58. The molecule has 2 N–H and O–H groups in total. The van der Waals surface area contributed by atoms with Crippen LogP contribution in [0.15, 0.2) is 24.3 Å². The molecule has 0 bridgehead atoms. The zero-order valence-electron chi connectivity index (χ0n) is 14.7. The normalized spacial score (nSPS) is 15.2. The molecule has 0 saturated carbocycles. The predicted octanol–water partition coefficient (Wildman–Crippen LogP) is 3.55. The lowest BCUT2D eigenvalue weighted by atomic mass is 10.0. The molecular weight excluding hydrogens is 306 g/mol. The van der Waals surface area contributed by atoms with Gasteiger partial charge in [-0.15, -0.1) is 0 Å². The van der Waals surface area contributed by atoms with E-state index in [0.29, 0.717) is 25.6 Å². The van der Waals surface area contributed by atoms with Gasteiger partial charge in [-0.2, -0.15) is 0 Å². The molecule has 1 aliphatic rings. The number of likely N-dealkylation sites (tertiary alicyclic amines) is 1. The summed E-state index contributed by atoms with van der Waals surface area (Å²) in [5.74, 6) is 0.419. The minimum atomic E-state index is -0.272. The Bertz CT molecular complexity index is 566. The van der Waals surface area contributed by atoms with Gasteiger partial charge in [-0.1, -0.05) is 26.0 Å². The molecule has 6 heteroatoms. The standard InChI is InChI=1S/C18H27N3O3/c1-4-24-18(23)21-10-8-15(9-11-21)19-17(22)20-16-7-5-6-14(12-16)13(2)3/h5-7,12-13,15H,4,8-11H2,1-3H3,(H2,19,20,22). The van der Waals surface area contributed by atoms with Crippen molar-refractivity contribution in [3.05, 3.63) is 29.8 Å². The average Bonchev–Trinajstić information content (AvgIpc) is 2.55. The summed E-state index contributed by atoms with van der Waals surface area (Å²) in [6, 6.07) is 7.75. The van der Waals surface area contributed by atoms with Crippen molar-refractivity contribution in [3.63, 3.8) is 0 Å². The molecule has 1 saturated heterocycles. The number of rotatable bonds is 4. The van der Waals surface area contributed by atoms with Crippen LogP contribution < -0.4 is 10.6 Å². The summed E-state index contributed by atoms with van der Waals surface area (Å²) in [5, 5.41) is 5.86. The van der Waals surface area contributed by atoms with Crippen LogP contribution >= 0.6 is 0 Å². The highest BCUT2D eigenvalue weighted by Crippen LogP contribution is 2.18. The van der Waals surface area contributed by atoms with Gasteiger partial charge in [-0.3, -0.25) is 0 Å². The Morgan fingerprint density at radius 1 is 1.29 bits per heavy atom. The Labute approximate surface area is 143 Å². The van der Waals surface area contributed by atoms with E-state index in [2.05, 4.69) is 30.5 Å². The van der Waals surface area contributed by atoms with Gasteiger partial charge in [0.2, 0.25) is 0 Å². The van der Waals surface area contributed by atoms with Crippen LogP contribution in [-0.4, -0.2) is 42.8 Å². The number of nitrogens with zero attached hydrogens (tertiary/aromatic N) is 1.